The third kappa shape index (κ3) is 2.89. The molecule has 1 aliphatic heterocycles. The number of aryl methyl sites for hydroxylation is 1. The zero-order valence-electron chi connectivity index (χ0n) is 13.1. The maximum absolute atomic E-state index is 10.5. The van der Waals surface area contributed by atoms with Gasteiger partial charge < -0.3 is 9.84 Å². The van der Waals surface area contributed by atoms with Crippen LogP contribution in [0.5, 0.6) is 11.5 Å². The standard InChI is InChI=1S/C19H23ClO2/c1-12-6-7-15-13(2)22-18-11-14(5-3-4-8-20)10-17(21)19(18)16(15)9-12/h9-11,15-16,21H,2-8H2,1H3/t15-,16?/m0/s1. The normalized spacial score (nSPS) is 23.4. The molecule has 0 spiro atoms. The van der Waals surface area contributed by atoms with Gasteiger partial charge in [0, 0.05) is 23.3 Å². The number of ether oxygens (including phenoxy) is 1. The summed E-state index contributed by atoms with van der Waals surface area (Å²) in [6.45, 7) is 6.27. The fourth-order valence-electron chi connectivity index (χ4n) is 3.59. The molecule has 2 atom stereocenters. The van der Waals surface area contributed by atoms with Gasteiger partial charge in [-0.1, -0.05) is 18.2 Å². The summed E-state index contributed by atoms with van der Waals surface area (Å²) in [6, 6.07) is 3.95. The molecule has 3 rings (SSSR count). The van der Waals surface area contributed by atoms with Crippen molar-refractivity contribution in [2.45, 2.75) is 44.9 Å². The van der Waals surface area contributed by atoms with Crippen LogP contribution in [0.4, 0.5) is 0 Å². The molecular weight excluding hydrogens is 296 g/mol. The molecule has 2 aliphatic rings. The summed E-state index contributed by atoms with van der Waals surface area (Å²) >= 11 is 5.73. The van der Waals surface area contributed by atoms with Gasteiger partial charge in [-0.05, 0) is 56.7 Å². The van der Waals surface area contributed by atoms with E-state index in [1.807, 2.05) is 6.07 Å². The number of allylic oxidation sites excluding steroid dienone is 3. The minimum atomic E-state index is 0.196. The Morgan fingerprint density at radius 1 is 1.36 bits per heavy atom. The van der Waals surface area contributed by atoms with Crippen molar-refractivity contribution in [3.63, 3.8) is 0 Å². The topological polar surface area (TPSA) is 29.5 Å². The number of phenols is 1. The van der Waals surface area contributed by atoms with Gasteiger partial charge in [-0.3, -0.25) is 0 Å². The van der Waals surface area contributed by atoms with Gasteiger partial charge in [-0.2, -0.15) is 0 Å². The lowest BCUT2D eigenvalue weighted by Gasteiger charge is -2.37. The molecule has 1 aromatic carbocycles. The van der Waals surface area contributed by atoms with Crippen molar-refractivity contribution >= 4 is 11.6 Å². The van der Waals surface area contributed by atoms with Gasteiger partial charge in [0.05, 0.1) is 0 Å². The average Bonchev–Trinajstić information content (AvgIpc) is 2.46. The van der Waals surface area contributed by atoms with Crippen LogP contribution in [-0.2, 0) is 6.42 Å². The first-order valence-electron chi connectivity index (χ1n) is 8.06. The molecule has 118 valence electrons. The number of unbranched alkanes of at least 4 members (excludes halogenated alkanes) is 1. The maximum Gasteiger partial charge on any atom is 0.134 e. The maximum atomic E-state index is 10.5. The Balaban J connectivity index is 1.95. The van der Waals surface area contributed by atoms with Crippen LogP contribution in [-0.4, -0.2) is 11.0 Å². The second kappa shape index (κ2) is 6.37. The van der Waals surface area contributed by atoms with Crippen LogP contribution in [0.2, 0.25) is 0 Å². The predicted molar refractivity (Wildman–Crippen MR) is 90.8 cm³/mol. The Labute approximate surface area is 137 Å². The SMILES string of the molecule is C=C1Oc2cc(CCCCCl)cc(O)c2C2C=C(C)CC[C@@H]12. The van der Waals surface area contributed by atoms with Crippen molar-refractivity contribution in [3.05, 3.63) is 47.2 Å². The summed E-state index contributed by atoms with van der Waals surface area (Å²) in [5.74, 6) is 3.12. The van der Waals surface area contributed by atoms with Gasteiger partial charge >= 0.3 is 0 Å². The number of hydrogen-bond donors (Lipinski definition) is 1. The molecule has 0 fully saturated rings. The summed E-state index contributed by atoms with van der Waals surface area (Å²) in [5.41, 5.74) is 3.41. The zero-order valence-corrected chi connectivity index (χ0v) is 13.8. The first-order valence-corrected chi connectivity index (χ1v) is 8.59. The van der Waals surface area contributed by atoms with Crippen molar-refractivity contribution in [3.8, 4) is 11.5 Å². The van der Waals surface area contributed by atoms with Gasteiger partial charge in [0.2, 0.25) is 0 Å². The second-order valence-electron chi connectivity index (χ2n) is 6.43. The van der Waals surface area contributed by atoms with Crippen LogP contribution in [0, 0.1) is 5.92 Å². The summed E-state index contributed by atoms with van der Waals surface area (Å²) < 4.78 is 5.95. The number of aromatic hydroxyl groups is 1. The van der Waals surface area contributed by atoms with E-state index in [2.05, 4.69) is 25.6 Å². The highest BCUT2D eigenvalue weighted by Crippen LogP contribution is 2.51. The molecule has 0 radical (unpaired) electrons. The van der Waals surface area contributed by atoms with Crippen molar-refractivity contribution in [2.75, 3.05) is 5.88 Å². The molecule has 1 aliphatic carbocycles. The van der Waals surface area contributed by atoms with Gasteiger partial charge in [0.1, 0.15) is 17.3 Å². The van der Waals surface area contributed by atoms with E-state index in [1.165, 1.54) is 5.57 Å². The number of alkyl halides is 1. The molecule has 1 aromatic rings. The molecule has 0 aromatic heterocycles. The zero-order chi connectivity index (χ0) is 15.7. The molecule has 1 unspecified atom stereocenters. The number of hydrogen-bond acceptors (Lipinski definition) is 2. The van der Waals surface area contributed by atoms with Crippen molar-refractivity contribution in [2.24, 2.45) is 5.92 Å². The van der Waals surface area contributed by atoms with Crippen LogP contribution in [0.1, 0.15) is 49.7 Å². The van der Waals surface area contributed by atoms with Crippen molar-refractivity contribution in [1.82, 2.24) is 0 Å². The number of fused-ring (bicyclic) bond motifs is 3. The molecule has 0 bridgehead atoms. The van der Waals surface area contributed by atoms with Crippen LogP contribution in [0.3, 0.4) is 0 Å². The quantitative estimate of drug-likeness (QED) is 0.464. The highest BCUT2D eigenvalue weighted by molar-refractivity contribution is 6.17. The Kier molecular flexibility index (Phi) is 4.49. The average molecular weight is 319 g/mol. The van der Waals surface area contributed by atoms with E-state index < -0.39 is 0 Å². The van der Waals surface area contributed by atoms with Crippen LogP contribution >= 0.6 is 11.6 Å². The fourth-order valence-corrected chi connectivity index (χ4v) is 3.78. The second-order valence-corrected chi connectivity index (χ2v) is 6.80. The molecule has 1 N–H and O–H groups in total. The first-order chi connectivity index (χ1) is 10.6. The lowest BCUT2D eigenvalue weighted by Crippen LogP contribution is -2.25. The van der Waals surface area contributed by atoms with Gasteiger partial charge in [-0.25, -0.2) is 0 Å². The number of halogens is 1. The first kappa shape index (κ1) is 15.5. The third-order valence-corrected chi connectivity index (χ3v) is 5.03. The molecule has 3 heteroatoms. The van der Waals surface area contributed by atoms with Gasteiger partial charge in [0.15, 0.2) is 0 Å². The van der Waals surface area contributed by atoms with E-state index in [1.54, 1.807) is 0 Å². The van der Waals surface area contributed by atoms with E-state index in [4.69, 9.17) is 16.3 Å². The van der Waals surface area contributed by atoms with Crippen LogP contribution in [0.15, 0.2) is 36.1 Å². The Hall–Kier alpha value is -1.41. The summed E-state index contributed by atoms with van der Waals surface area (Å²) in [7, 11) is 0. The molecule has 1 heterocycles. The summed E-state index contributed by atoms with van der Waals surface area (Å²) in [5, 5.41) is 10.5. The van der Waals surface area contributed by atoms with Crippen LogP contribution < -0.4 is 4.74 Å². The van der Waals surface area contributed by atoms with Crippen molar-refractivity contribution < 1.29 is 9.84 Å². The minimum Gasteiger partial charge on any atom is -0.507 e. The van der Waals surface area contributed by atoms with E-state index >= 15 is 0 Å². The van der Waals surface area contributed by atoms with Crippen molar-refractivity contribution in [1.29, 1.82) is 0 Å². The minimum absolute atomic E-state index is 0.196. The van der Waals surface area contributed by atoms with E-state index in [9.17, 15) is 5.11 Å². The number of rotatable bonds is 4. The molecule has 22 heavy (non-hydrogen) atoms. The molecule has 2 nitrogen and oxygen atoms in total. The number of benzene rings is 1. The van der Waals surface area contributed by atoms with E-state index in [0.717, 1.165) is 54.7 Å². The molecular formula is C19H23ClO2. The Morgan fingerprint density at radius 2 is 2.18 bits per heavy atom. The smallest absolute Gasteiger partial charge is 0.134 e. The Morgan fingerprint density at radius 3 is 2.95 bits per heavy atom. The summed E-state index contributed by atoms with van der Waals surface area (Å²) in [4.78, 5) is 0. The lowest BCUT2D eigenvalue weighted by molar-refractivity contribution is 0.275. The van der Waals surface area contributed by atoms with E-state index in [0.29, 0.717) is 11.6 Å². The number of phenolic OH excluding ortho intramolecular Hbond substituents is 1. The third-order valence-electron chi connectivity index (χ3n) is 4.76. The van der Waals surface area contributed by atoms with Gasteiger partial charge in [0.25, 0.3) is 0 Å². The molecule has 0 saturated heterocycles. The fraction of sp³-hybridized carbons (Fsp3) is 0.474. The molecule has 0 saturated carbocycles. The Bertz CT molecular complexity index is 618. The highest BCUT2D eigenvalue weighted by atomic mass is 35.5. The largest absolute Gasteiger partial charge is 0.507 e. The monoisotopic (exact) mass is 318 g/mol. The molecule has 0 amide bonds. The summed E-state index contributed by atoms with van der Waals surface area (Å²) in [6.07, 6.45) is 7.31. The lowest BCUT2D eigenvalue weighted by atomic mass is 9.74. The van der Waals surface area contributed by atoms with E-state index in [-0.39, 0.29) is 11.8 Å². The van der Waals surface area contributed by atoms with Crippen LogP contribution in [0.25, 0.3) is 0 Å². The highest BCUT2D eigenvalue weighted by Gasteiger charge is 2.36. The predicted octanol–water partition coefficient (Wildman–Crippen LogP) is 5.30. The van der Waals surface area contributed by atoms with Gasteiger partial charge in [-0.15, -0.1) is 11.6 Å².